The lowest BCUT2D eigenvalue weighted by Gasteiger charge is -2.24. The summed E-state index contributed by atoms with van der Waals surface area (Å²) in [5.74, 6) is -1.08. The number of ether oxygens (including phenoxy) is 1. The molecular weight excluding hydrogens is 308 g/mol. The molecule has 1 aromatic carbocycles. The molecule has 1 aliphatic heterocycles. The third-order valence-corrected chi connectivity index (χ3v) is 4.05. The van der Waals surface area contributed by atoms with Gasteiger partial charge in [-0.3, -0.25) is 9.59 Å². The van der Waals surface area contributed by atoms with E-state index in [4.69, 9.17) is 15.6 Å². The Morgan fingerprint density at radius 3 is 2.67 bits per heavy atom. The Balaban J connectivity index is 2.13. The second-order valence-electron chi connectivity index (χ2n) is 7.24. The van der Waals surface area contributed by atoms with E-state index in [9.17, 15) is 9.59 Å². The van der Waals surface area contributed by atoms with Gasteiger partial charge in [0.25, 0.3) is 0 Å². The summed E-state index contributed by atoms with van der Waals surface area (Å²) in [4.78, 5) is 23.0. The van der Waals surface area contributed by atoms with Gasteiger partial charge >= 0.3 is 11.9 Å². The maximum Gasteiger partial charge on any atom is 0.308 e. The first kappa shape index (κ1) is 18.1. The van der Waals surface area contributed by atoms with Crippen LogP contribution in [0, 0.1) is 0 Å². The molecule has 6 nitrogen and oxygen atoms in total. The number of nitrogen functional groups attached to an aromatic ring is 1. The monoisotopic (exact) mass is 334 g/mol. The van der Waals surface area contributed by atoms with Crippen LogP contribution in [-0.4, -0.2) is 28.7 Å². The van der Waals surface area contributed by atoms with Crippen molar-refractivity contribution in [1.29, 1.82) is 0 Å². The number of nitrogens with one attached hydrogen (secondary N) is 1. The molecule has 1 aromatic rings. The van der Waals surface area contributed by atoms with Crippen LogP contribution in [0.1, 0.15) is 57.9 Å². The molecule has 0 radical (unpaired) electrons. The summed E-state index contributed by atoms with van der Waals surface area (Å²) in [6.45, 7) is 5.51. The van der Waals surface area contributed by atoms with Gasteiger partial charge < -0.3 is 20.9 Å². The van der Waals surface area contributed by atoms with Crippen LogP contribution < -0.4 is 11.1 Å². The van der Waals surface area contributed by atoms with E-state index < -0.39 is 11.6 Å². The van der Waals surface area contributed by atoms with Crippen LogP contribution in [0.4, 0.5) is 11.4 Å². The summed E-state index contributed by atoms with van der Waals surface area (Å²) in [6, 6.07) is 5.50. The molecule has 0 spiro atoms. The van der Waals surface area contributed by atoms with Gasteiger partial charge in [-0.1, -0.05) is 6.07 Å². The number of aliphatic carboxylic acids is 1. The Hall–Kier alpha value is -2.24. The molecule has 1 aliphatic rings. The quantitative estimate of drug-likeness (QED) is 0.546. The van der Waals surface area contributed by atoms with Crippen molar-refractivity contribution >= 4 is 23.3 Å². The number of benzene rings is 1. The van der Waals surface area contributed by atoms with Gasteiger partial charge in [-0.05, 0) is 45.7 Å². The van der Waals surface area contributed by atoms with Gasteiger partial charge in [0.05, 0.1) is 6.42 Å². The Morgan fingerprint density at radius 1 is 1.33 bits per heavy atom. The second-order valence-corrected chi connectivity index (χ2v) is 7.24. The zero-order valence-electron chi connectivity index (χ0n) is 14.5. The number of carboxylic acid groups (broad SMARTS) is 1. The number of carbonyl (C=O) groups excluding carboxylic acids is 1. The molecule has 1 heterocycles. The zero-order chi connectivity index (χ0) is 17.9. The van der Waals surface area contributed by atoms with Gasteiger partial charge in [0.15, 0.2) is 0 Å². The van der Waals surface area contributed by atoms with E-state index >= 15 is 0 Å². The number of hydrogen-bond acceptors (Lipinski definition) is 5. The van der Waals surface area contributed by atoms with Crippen molar-refractivity contribution in [1.82, 2.24) is 0 Å². The van der Waals surface area contributed by atoms with Crippen LogP contribution in [0.5, 0.6) is 0 Å². The van der Waals surface area contributed by atoms with Crippen molar-refractivity contribution in [2.24, 2.45) is 0 Å². The number of nitrogens with two attached hydrogens (primary N) is 1. The Kier molecular flexibility index (Phi) is 5.36. The number of hydrogen-bond donors (Lipinski definition) is 3. The molecule has 0 saturated heterocycles. The van der Waals surface area contributed by atoms with E-state index in [1.54, 1.807) is 0 Å². The normalized spacial score (nSPS) is 19.5. The van der Waals surface area contributed by atoms with Crippen LogP contribution in [0.2, 0.25) is 0 Å². The first-order chi connectivity index (χ1) is 11.2. The van der Waals surface area contributed by atoms with Crippen molar-refractivity contribution < 1.29 is 19.4 Å². The maximum atomic E-state index is 12.2. The highest BCUT2D eigenvalue weighted by molar-refractivity contribution is 5.75. The van der Waals surface area contributed by atoms with Crippen LogP contribution in [-0.2, 0) is 14.3 Å². The largest absolute Gasteiger partial charge is 0.481 e. The summed E-state index contributed by atoms with van der Waals surface area (Å²) in [7, 11) is 0. The van der Waals surface area contributed by atoms with Crippen LogP contribution in [0.25, 0.3) is 0 Å². The number of esters is 1. The predicted molar refractivity (Wildman–Crippen MR) is 93.0 cm³/mol. The average Bonchev–Trinajstić information content (AvgIpc) is 2.75. The fraction of sp³-hybridized carbons (Fsp3) is 0.556. The molecule has 2 atom stereocenters. The fourth-order valence-electron chi connectivity index (χ4n) is 3.20. The third kappa shape index (κ3) is 4.63. The number of carbonyl (C=O) groups is 2. The summed E-state index contributed by atoms with van der Waals surface area (Å²) in [5.41, 5.74) is 8.16. The SMILES string of the molecule is CC(C)(C)OC(=O)CC1Nc2cccc(N)c2C1CCCC(=O)O. The van der Waals surface area contributed by atoms with E-state index in [2.05, 4.69) is 5.32 Å². The molecule has 132 valence electrons. The molecule has 2 rings (SSSR count). The standard InChI is InChI=1S/C18H26N2O4/c1-18(2,3)24-16(23)10-14-11(6-4-9-15(21)22)17-12(19)7-5-8-13(17)20-14/h5,7-8,11,14,20H,4,6,9-10,19H2,1-3H3,(H,21,22). The van der Waals surface area contributed by atoms with Gasteiger partial charge in [0.1, 0.15) is 5.60 Å². The van der Waals surface area contributed by atoms with E-state index in [0.29, 0.717) is 18.5 Å². The maximum absolute atomic E-state index is 12.2. The number of rotatable bonds is 6. The summed E-state index contributed by atoms with van der Waals surface area (Å²) in [5, 5.41) is 12.2. The van der Waals surface area contributed by atoms with Gasteiger partial charge in [-0.15, -0.1) is 0 Å². The molecule has 0 amide bonds. The van der Waals surface area contributed by atoms with Gasteiger partial charge in [-0.2, -0.15) is 0 Å². The highest BCUT2D eigenvalue weighted by atomic mass is 16.6. The van der Waals surface area contributed by atoms with E-state index in [0.717, 1.165) is 11.3 Å². The molecule has 0 aromatic heterocycles. The van der Waals surface area contributed by atoms with Crippen LogP contribution in [0.3, 0.4) is 0 Å². The lowest BCUT2D eigenvalue weighted by molar-refractivity contribution is -0.155. The Morgan fingerprint density at radius 2 is 2.04 bits per heavy atom. The minimum atomic E-state index is -0.814. The lowest BCUT2D eigenvalue weighted by Crippen LogP contribution is -2.30. The minimum Gasteiger partial charge on any atom is -0.481 e. The fourth-order valence-corrected chi connectivity index (χ4v) is 3.20. The van der Waals surface area contributed by atoms with Gasteiger partial charge in [-0.25, -0.2) is 0 Å². The van der Waals surface area contributed by atoms with E-state index in [1.165, 1.54) is 0 Å². The summed E-state index contributed by atoms with van der Waals surface area (Å²) in [6.07, 6.45) is 1.54. The predicted octanol–water partition coefficient (Wildman–Crippen LogP) is 3.13. The highest BCUT2D eigenvalue weighted by Gasteiger charge is 2.35. The van der Waals surface area contributed by atoms with E-state index in [-0.39, 0.29) is 30.8 Å². The molecule has 2 unspecified atom stereocenters. The Bertz CT molecular complexity index is 622. The van der Waals surface area contributed by atoms with Gasteiger partial charge in [0.2, 0.25) is 0 Å². The third-order valence-electron chi connectivity index (χ3n) is 4.05. The molecular formula is C18H26N2O4. The zero-order valence-corrected chi connectivity index (χ0v) is 14.5. The van der Waals surface area contributed by atoms with Crippen molar-refractivity contribution in [3.8, 4) is 0 Å². The minimum absolute atomic E-state index is 0.00747. The van der Waals surface area contributed by atoms with Crippen LogP contribution >= 0.6 is 0 Å². The molecule has 6 heteroatoms. The topological polar surface area (TPSA) is 102 Å². The summed E-state index contributed by atoms with van der Waals surface area (Å²) >= 11 is 0. The van der Waals surface area contributed by atoms with Crippen molar-refractivity contribution in [2.45, 2.75) is 64.0 Å². The van der Waals surface area contributed by atoms with Crippen LogP contribution in [0.15, 0.2) is 18.2 Å². The van der Waals surface area contributed by atoms with E-state index in [1.807, 2.05) is 39.0 Å². The number of carboxylic acids is 1. The highest BCUT2D eigenvalue weighted by Crippen LogP contribution is 2.43. The lowest BCUT2D eigenvalue weighted by atomic mass is 9.87. The molecule has 4 N–H and O–H groups in total. The number of anilines is 2. The van der Waals surface area contributed by atoms with Crippen molar-refractivity contribution in [3.05, 3.63) is 23.8 Å². The van der Waals surface area contributed by atoms with Crippen molar-refractivity contribution in [3.63, 3.8) is 0 Å². The second kappa shape index (κ2) is 7.11. The molecule has 0 saturated carbocycles. The molecule has 24 heavy (non-hydrogen) atoms. The smallest absolute Gasteiger partial charge is 0.308 e. The van der Waals surface area contributed by atoms with Crippen molar-refractivity contribution in [2.75, 3.05) is 11.1 Å². The first-order valence-corrected chi connectivity index (χ1v) is 8.26. The molecule has 0 fully saturated rings. The Labute approximate surface area is 142 Å². The molecule has 0 bridgehead atoms. The molecule has 0 aliphatic carbocycles. The summed E-state index contributed by atoms with van der Waals surface area (Å²) < 4.78 is 5.42. The average molecular weight is 334 g/mol. The van der Waals surface area contributed by atoms with Gasteiger partial charge in [0, 0.05) is 35.3 Å². The first-order valence-electron chi connectivity index (χ1n) is 8.26. The number of fused-ring (bicyclic) bond motifs is 1.